The highest BCUT2D eigenvalue weighted by Gasteiger charge is 2.42. The molecule has 6 heteroatoms. The van der Waals surface area contributed by atoms with Crippen molar-refractivity contribution < 1.29 is 14.3 Å². The monoisotopic (exact) mass is 275 g/mol. The summed E-state index contributed by atoms with van der Waals surface area (Å²) in [5.41, 5.74) is 0.318. The Morgan fingerprint density at radius 1 is 1.50 bits per heavy atom. The molecule has 1 atom stereocenters. The molecule has 1 aromatic heterocycles. The Balaban J connectivity index is 1.70. The van der Waals surface area contributed by atoms with Crippen LogP contribution in [-0.2, 0) is 9.53 Å². The molecule has 3 heterocycles. The minimum atomic E-state index is -0.297. The Morgan fingerprint density at radius 3 is 2.95 bits per heavy atom. The van der Waals surface area contributed by atoms with Crippen molar-refractivity contribution in [2.45, 2.75) is 18.9 Å². The van der Waals surface area contributed by atoms with Gasteiger partial charge in [0.1, 0.15) is 18.0 Å². The van der Waals surface area contributed by atoms with Crippen LogP contribution in [0.5, 0.6) is 0 Å². The van der Waals surface area contributed by atoms with E-state index in [2.05, 4.69) is 15.2 Å². The molecule has 2 aliphatic heterocycles. The van der Waals surface area contributed by atoms with E-state index in [1.807, 2.05) is 6.07 Å². The van der Waals surface area contributed by atoms with Gasteiger partial charge in [0.05, 0.1) is 6.54 Å². The van der Waals surface area contributed by atoms with Crippen LogP contribution < -0.4 is 10.2 Å². The van der Waals surface area contributed by atoms with Crippen LogP contribution in [0.2, 0.25) is 0 Å². The van der Waals surface area contributed by atoms with Gasteiger partial charge >= 0.3 is 0 Å². The fourth-order valence-corrected chi connectivity index (χ4v) is 2.66. The van der Waals surface area contributed by atoms with Gasteiger partial charge < -0.3 is 15.0 Å². The molecule has 6 nitrogen and oxygen atoms in total. The van der Waals surface area contributed by atoms with E-state index in [1.54, 1.807) is 12.3 Å². The zero-order valence-corrected chi connectivity index (χ0v) is 11.4. The molecule has 1 N–H and O–H groups in total. The molecule has 0 saturated carbocycles. The number of ether oxygens (including phenoxy) is 1. The third kappa shape index (κ3) is 2.38. The smallest absolute Gasteiger partial charge is 0.246 e. The summed E-state index contributed by atoms with van der Waals surface area (Å²) in [6.45, 7) is 3.75. The highest BCUT2D eigenvalue weighted by Crippen LogP contribution is 2.29. The van der Waals surface area contributed by atoms with Crippen molar-refractivity contribution in [1.82, 2.24) is 10.3 Å². The maximum absolute atomic E-state index is 11.2. The van der Waals surface area contributed by atoms with Gasteiger partial charge in [-0.15, -0.1) is 0 Å². The van der Waals surface area contributed by atoms with Crippen molar-refractivity contribution in [2.24, 2.45) is 0 Å². The maximum Gasteiger partial charge on any atom is 0.246 e. The number of anilines is 1. The van der Waals surface area contributed by atoms with Crippen LogP contribution >= 0.6 is 0 Å². The highest BCUT2D eigenvalue weighted by atomic mass is 16.5. The lowest BCUT2D eigenvalue weighted by molar-refractivity contribution is -0.141. The van der Waals surface area contributed by atoms with Crippen LogP contribution in [-0.4, -0.2) is 48.5 Å². The minimum absolute atomic E-state index is 0.0141. The fourth-order valence-electron chi connectivity index (χ4n) is 2.66. The number of aromatic nitrogens is 1. The fraction of sp³-hybridized carbons (Fsp3) is 0.500. The van der Waals surface area contributed by atoms with Gasteiger partial charge in [0, 0.05) is 24.8 Å². The highest BCUT2D eigenvalue weighted by molar-refractivity contribution is 5.93. The van der Waals surface area contributed by atoms with E-state index in [-0.39, 0.29) is 23.9 Å². The molecule has 0 aromatic carbocycles. The van der Waals surface area contributed by atoms with Crippen LogP contribution in [0.1, 0.15) is 23.7 Å². The third-order valence-corrected chi connectivity index (χ3v) is 3.91. The Bertz CT molecular complexity index is 531. The second-order valence-corrected chi connectivity index (χ2v) is 5.38. The molecule has 20 heavy (non-hydrogen) atoms. The molecule has 2 saturated heterocycles. The summed E-state index contributed by atoms with van der Waals surface area (Å²) >= 11 is 0. The summed E-state index contributed by atoms with van der Waals surface area (Å²) in [5, 5.41) is 2.86. The summed E-state index contributed by atoms with van der Waals surface area (Å²) in [6, 6.07) is 3.65. The molecule has 2 fully saturated rings. The van der Waals surface area contributed by atoms with E-state index in [0.717, 1.165) is 18.8 Å². The quantitative estimate of drug-likeness (QED) is 0.790. The first-order chi connectivity index (χ1) is 9.58. The van der Waals surface area contributed by atoms with Crippen LogP contribution in [0.3, 0.4) is 0 Å². The van der Waals surface area contributed by atoms with Crippen molar-refractivity contribution in [1.29, 1.82) is 0 Å². The Labute approximate surface area is 117 Å². The van der Waals surface area contributed by atoms with Crippen LogP contribution in [0.25, 0.3) is 0 Å². The van der Waals surface area contributed by atoms with Gasteiger partial charge in [-0.3, -0.25) is 9.59 Å². The van der Waals surface area contributed by atoms with Crippen molar-refractivity contribution in [3.05, 3.63) is 23.9 Å². The van der Waals surface area contributed by atoms with E-state index in [1.165, 1.54) is 6.92 Å². The molecule has 1 amide bonds. The zero-order chi connectivity index (χ0) is 14.2. The van der Waals surface area contributed by atoms with Crippen molar-refractivity contribution in [3.8, 4) is 0 Å². The van der Waals surface area contributed by atoms with Gasteiger partial charge in [-0.1, -0.05) is 0 Å². The zero-order valence-electron chi connectivity index (χ0n) is 11.4. The average molecular weight is 275 g/mol. The molecule has 1 unspecified atom stereocenters. The number of nitrogens with zero attached hydrogens (tertiary/aromatic N) is 2. The lowest BCUT2D eigenvalue weighted by Gasteiger charge is -2.33. The summed E-state index contributed by atoms with van der Waals surface area (Å²) < 4.78 is 5.72. The summed E-state index contributed by atoms with van der Waals surface area (Å²) in [6.07, 6.45) is 2.47. The van der Waals surface area contributed by atoms with E-state index in [9.17, 15) is 9.59 Å². The number of carbonyl (C=O) groups excluding carboxylic acids is 2. The standard InChI is InChI=1S/C14H17N3O3/c1-10(18)11-2-3-12(15-6-11)17-5-4-14(9-17)8-16-13(19)7-20-14/h2-3,6H,4-5,7-9H2,1H3,(H,16,19). The average Bonchev–Trinajstić information content (AvgIpc) is 2.87. The van der Waals surface area contributed by atoms with Gasteiger partial charge in [0.25, 0.3) is 0 Å². The summed E-state index contributed by atoms with van der Waals surface area (Å²) in [7, 11) is 0. The molecule has 0 radical (unpaired) electrons. The number of amides is 1. The first kappa shape index (κ1) is 13.1. The second-order valence-electron chi connectivity index (χ2n) is 5.38. The van der Waals surface area contributed by atoms with Gasteiger partial charge in [0.2, 0.25) is 5.91 Å². The SMILES string of the molecule is CC(=O)c1ccc(N2CCC3(CNC(=O)CO3)C2)nc1. The summed E-state index contributed by atoms with van der Waals surface area (Å²) in [5.74, 6) is 0.797. The Morgan fingerprint density at radius 2 is 2.35 bits per heavy atom. The molecule has 3 rings (SSSR count). The van der Waals surface area contributed by atoms with Crippen LogP contribution in [0.4, 0.5) is 5.82 Å². The predicted octanol–water partition coefficient (Wildman–Crippen LogP) is 0.379. The number of hydrogen-bond donors (Lipinski definition) is 1. The number of ketones is 1. The maximum atomic E-state index is 11.2. The molecule has 0 bridgehead atoms. The largest absolute Gasteiger partial charge is 0.361 e. The van der Waals surface area contributed by atoms with Gasteiger partial charge in [-0.05, 0) is 25.5 Å². The van der Waals surface area contributed by atoms with Crippen molar-refractivity contribution in [3.63, 3.8) is 0 Å². The normalized spacial score (nSPS) is 25.9. The molecule has 0 aliphatic carbocycles. The lowest BCUT2D eigenvalue weighted by Crippen LogP contribution is -2.53. The lowest BCUT2D eigenvalue weighted by atomic mass is 10.0. The number of rotatable bonds is 2. The third-order valence-electron chi connectivity index (χ3n) is 3.91. The van der Waals surface area contributed by atoms with E-state index in [0.29, 0.717) is 18.7 Å². The van der Waals surface area contributed by atoms with Gasteiger partial charge in [0.15, 0.2) is 5.78 Å². The molecular weight excluding hydrogens is 258 g/mol. The molecule has 1 aromatic rings. The predicted molar refractivity (Wildman–Crippen MR) is 72.8 cm³/mol. The van der Waals surface area contributed by atoms with Crippen molar-refractivity contribution >= 4 is 17.5 Å². The number of carbonyl (C=O) groups is 2. The minimum Gasteiger partial charge on any atom is -0.361 e. The Hall–Kier alpha value is -1.95. The number of Topliss-reactive ketones (excluding diaryl/α,β-unsaturated/α-hetero) is 1. The van der Waals surface area contributed by atoms with E-state index in [4.69, 9.17) is 4.74 Å². The first-order valence-electron chi connectivity index (χ1n) is 6.71. The van der Waals surface area contributed by atoms with Gasteiger partial charge in [-0.25, -0.2) is 4.98 Å². The second kappa shape index (κ2) is 4.86. The molecule has 2 aliphatic rings. The molecule has 106 valence electrons. The van der Waals surface area contributed by atoms with Crippen molar-refractivity contribution in [2.75, 3.05) is 31.1 Å². The number of pyridine rings is 1. The van der Waals surface area contributed by atoms with E-state index < -0.39 is 0 Å². The van der Waals surface area contributed by atoms with Gasteiger partial charge in [-0.2, -0.15) is 0 Å². The van der Waals surface area contributed by atoms with Crippen LogP contribution in [0.15, 0.2) is 18.3 Å². The number of nitrogens with one attached hydrogen (secondary N) is 1. The summed E-state index contributed by atoms with van der Waals surface area (Å²) in [4.78, 5) is 28.9. The number of hydrogen-bond acceptors (Lipinski definition) is 5. The number of morpholine rings is 1. The molecule has 1 spiro atoms. The Kier molecular flexibility index (Phi) is 3.17. The molecular formula is C14H17N3O3. The topological polar surface area (TPSA) is 71.5 Å². The first-order valence-corrected chi connectivity index (χ1v) is 6.71. The van der Waals surface area contributed by atoms with Crippen LogP contribution in [0, 0.1) is 0 Å². The van der Waals surface area contributed by atoms with E-state index >= 15 is 0 Å².